The molecule has 0 amide bonds. The zero-order valence-electron chi connectivity index (χ0n) is 7.68. The maximum atomic E-state index is 13.5. The molecule has 0 aliphatic heterocycles. The third-order valence-corrected chi connectivity index (χ3v) is 2.77. The number of halogens is 3. The molecule has 0 nitrogen and oxygen atoms in total. The van der Waals surface area contributed by atoms with E-state index < -0.39 is 11.6 Å². The highest BCUT2D eigenvalue weighted by molar-refractivity contribution is 9.10. The molecule has 2 rings (SSSR count). The molecule has 0 spiro atoms. The van der Waals surface area contributed by atoms with E-state index in [9.17, 15) is 8.78 Å². The van der Waals surface area contributed by atoms with Gasteiger partial charge in [0.1, 0.15) is 11.6 Å². The topological polar surface area (TPSA) is 0 Å². The van der Waals surface area contributed by atoms with Gasteiger partial charge in [-0.15, -0.1) is 0 Å². The van der Waals surface area contributed by atoms with E-state index in [0.29, 0.717) is 4.47 Å². The molecule has 2 aromatic carbocycles. The van der Waals surface area contributed by atoms with Gasteiger partial charge in [0.25, 0.3) is 0 Å². The van der Waals surface area contributed by atoms with Gasteiger partial charge in [-0.3, -0.25) is 0 Å². The summed E-state index contributed by atoms with van der Waals surface area (Å²) in [6, 6.07) is 10.7. The third-order valence-electron chi connectivity index (χ3n) is 2.11. The minimum Gasteiger partial charge on any atom is -0.206 e. The molecule has 0 aliphatic carbocycles. The van der Waals surface area contributed by atoms with Crippen LogP contribution in [0.3, 0.4) is 0 Å². The summed E-state index contributed by atoms with van der Waals surface area (Å²) in [5.41, 5.74) is 0.526. The molecule has 0 radical (unpaired) electrons. The highest BCUT2D eigenvalue weighted by Crippen LogP contribution is 2.32. The minimum absolute atomic E-state index is 0.260. The summed E-state index contributed by atoms with van der Waals surface area (Å²) in [5, 5.41) is 0. The van der Waals surface area contributed by atoms with Crippen LogP contribution in [0.4, 0.5) is 8.78 Å². The van der Waals surface area contributed by atoms with Crippen molar-refractivity contribution in [1.82, 2.24) is 0 Å². The molecule has 0 saturated carbocycles. The molecule has 76 valence electrons. The molecule has 0 saturated heterocycles. The monoisotopic (exact) mass is 268 g/mol. The van der Waals surface area contributed by atoms with Crippen LogP contribution < -0.4 is 0 Å². The highest BCUT2D eigenvalue weighted by atomic mass is 79.9. The maximum Gasteiger partial charge on any atom is 0.132 e. The van der Waals surface area contributed by atoms with Crippen molar-refractivity contribution in [2.45, 2.75) is 0 Å². The first-order valence-corrected chi connectivity index (χ1v) is 5.18. The second kappa shape index (κ2) is 4.11. The van der Waals surface area contributed by atoms with Gasteiger partial charge in [0.05, 0.1) is 0 Å². The molecule has 0 atom stereocenters. The van der Waals surface area contributed by atoms with E-state index in [2.05, 4.69) is 15.9 Å². The molecule has 0 bridgehead atoms. The van der Waals surface area contributed by atoms with Crippen LogP contribution in [-0.2, 0) is 0 Å². The summed E-state index contributed by atoms with van der Waals surface area (Å²) >= 11 is 3.21. The minimum atomic E-state index is -0.436. The van der Waals surface area contributed by atoms with E-state index >= 15 is 0 Å². The molecule has 0 aliphatic rings. The highest BCUT2D eigenvalue weighted by Gasteiger charge is 2.12. The van der Waals surface area contributed by atoms with Crippen LogP contribution in [0.5, 0.6) is 0 Å². The first-order valence-electron chi connectivity index (χ1n) is 4.39. The van der Waals surface area contributed by atoms with E-state index in [1.165, 1.54) is 12.1 Å². The van der Waals surface area contributed by atoms with Crippen molar-refractivity contribution in [3.63, 3.8) is 0 Å². The number of rotatable bonds is 1. The summed E-state index contributed by atoms with van der Waals surface area (Å²) < 4.78 is 27.5. The smallest absolute Gasteiger partial charge is 0.132 e. The van der Waals surface area contributed by atoms with Gasteiger partial charge in [0.2, 0.25) is 0 Å². The van der Waals surface area contributed by atoms with Crippen molar-refractivity contribution in [3.05, 3.63) is 58.6 Å². The molecular formula is C12H7BrF2. The fourth-order valence-electron chi connectivity index (χ4n) is 1.42. The lowest BCUT2D eigenvalue weighted by atomic mass is 10.0. The molecule has 3 heteroatoms. The fourth-order valence-corrected chi connectivity index (χ4v) is 1.97. The molecule has 0 aromatic heterocycles. The van der Waals surface area contributed by atoms with Crippen LogP contribution in [0.2, 0.25) is 0 Å². The fraction of sp³-hybridized carbons (Fsp3) is 0. The van der Waals surface area contributed by atoms with Crippen LogP contribution in [0.15, 0.2) is 46.9 Å². The Labute approximate surface area is 94.7 Å². The van der Waals surface area contributed by atoms with Crippen LogP contribution in [0.25, 0.3) is 11.1 Å². The van der Waals surface area contributed by atoms with Gasteiger partial charge in [-0.05, 0) is 18.2 Å². The lowest BCUT2D eigenvalue weighted by Crippen LogP contribution is -1.89. The largest absolute Gasteiger partial charge is 0.206 e. The Hall–Kier alpha value is -1.22. The first-order chi connectivity index (χ1) is 7.20. The normalized spacial score (nSPS) is 10.3. The summed E-state index contributed by atoms with van der Waals surface area (Å²) in [4.78, 5) is 0. The Morgan fingerprint density at radius 1 is 0.800 bits per heavy atom. The van der Waals surface area contributed by atoms with Crippen molar-refractivity contribution >= 4 is 15.9 Å². The second-order valence-electron chi connectivity index (χ2n) is 3.08. The van der Waals surface area contributed by atoms with Crippen molar-refractivity contribution in [3.8, 4) is 11.1 Å². The Bertz CT molecular complexity index is 474. The van der Waals surface area contributed by atoms with E-state index in [4.69, 9.17) is 0 Å². The molecule has 0 heterocycles. The van der Waals surface area contributed by atoms with Crippen molar-refractivity contribution in [2.75, 3.05) is 0 Å². The van der Waals surface area contributed by atoms with E-state index in [-0.39, 0.29) is 11.1 Å². The van der Waals surface area contributed by atoms with Crippen molar-refractivity contribution < 1.29 is 8.78 Å². The second-order valence-corrected chi connectivity index (χ2v) is 3.93. The van der Waals surface area contributed by atoms with Gasteiger partial charge >= 0.3 is 0 Å². The average Bonchev–Trinajstić information content (AvgIpc) is 2.20. The summed E-state index contributed by atoms with van der Waals surface area (Å²) in [7, 11) is 0. The van der Waals surface area contributed by atoms with Crippen molar-refractivity contribution in [2.24, 2.45) is 0 Å². The zero-order valence-corrected chi connectivity index (χ0v) is 9.26. The van der Waals surface area contributed by atoms with Crippen LogP contribution in [-0.4, -0.2) is 0 Å². The Morgan fingerprint density at radius 3 is 2.13 bits per heavy atom. The molecule has 0 unspecified atom stereocenters. The molecular weight excluding hydrogens is 262 g/mol. The van der Waals surface area contributed by atoms with Gasteiger partial charge in [0.15, 0.2) is 0 Å². The molecule has 0 N–H and O–H groups in total. The standard InChI is InChI=1S/C12H7BrF2/c13-9-5-3-7-11(15)12(9)8-4-1-2-6-10(8)14/h1-7H. The Morgan fingerprint density at radius 2 is 1.47 bits per heavy atom. The van der Waals surface area contributed by atoms with Gasteiger partial charge < -0.3 is 0 Å². The zero-order chi connectivity index (χ0) is 10.8. The maximum absolute atomic E-state index is 13.5. The van der Waals surface area contributed by atoms with Crippen LogP contribution in [0, 0.1) is 11.6 Å². The Kier molecular flexibility index (Phi) is 2.82. The van der Waals surface area contributed by atoms with Crippen LogP contribution in [0.1, 0.15) is 0 Å². The number of hydrogen-bond acceptors (Lipinski definition) is 0. The van der Waals surface area contributed by atoms with Gasteiger partial charge in [-0.2, -0.15) is 0 Å². The predicted octanol–water partition coefficient (Wildman–Crippen LogP) is 4.39. The first kappa shape index (κ1) is 10.3. The number of hydrogen-bond donors (Lipinski definition) is 0. The van der Waals surface area contributed by atoms with E-state index in [1.807, 2.05) is 0 Å². The average molecular weight is 269 g/mol. The molecule has 2 aromatic rings. The van der Waals surface area contributed by atoms with Gasteiger partial charge in [-0.25, -0.2) is 8.78 Å². The van der Waals surface area contributed by atoms with E-state index in [1.54, 1.807) is 30.3 Å². The van der Waals surface area contributed by atoms with Gasteiger partial charge in [-0.1, -0.05) is 40.2 Å². The molecule has 15 heavy (non-hydrogen) atoms. The lowest BCUT2D eigenvalue weighted by molar-refractivity contribution is 0.615. The van der Waals surface area contributed by atoms with E-state index in [0.717, 1.165) is 0 Å². The quantitative estimate of drug-likeness (QED) is 0.720. The third kappa shape index (κ3) is 1.92. The summed E-state index contributed by atoms with van der Waals surface area (Å²) in [6.45, 7) is 0. The Balaban J connectivity index is 2.69. The van der Waals surface area contributed by atoms with Crippen molar-refractivity contribution in [1.29, 1.82) is 0 Å². The van der Waals surface area contributed by atoms with Crippen LogP contribution >= 0.6 is 15.9 Å². The SMILES string of the molecule is Fc1ccccc1-c1c(F)cccc1Br. The lowest BCUT2D eigenvalue weighted by Gasteiger charge is -2.06. The number of benzene rings is 2. The summed E-state index contributed by atoms with van der Waals surface area (Å²) in [6.07, 6.45) is 0. The van der Waals surface area contributed by atoms with Gasteiger partial charge in [0, 0.05) is 15.6 Å². The predicted molar refractivity (Wildman–Crippen MR) is 59.5 cm³/mol. The molecule has 0 fully saturated rings. The summed E-state index contributed by atoms with van der Waals surface area (Å²) in [5.74, 6) is -0.863.